The zero-order valence-corrected chi connectivity index (χ0v) is 18.4. The van der Waals surface area contributed by atoms with E-state index >= 15 is 0 Å². The lowest BCUT2D eigenvalue weighted by molar-refractivity contribution is -0.116. The lowest BCUT2D eigenvalue weighted by Crippen LogP contribution is -2.35. The number of thiophene rings is 1. The molecule has 3 aliphatic rings. The average Bonchev–Trinajstić information content (AvgIpc) is 3.11. The molecule has 0 aromatic carbocycles. The number of aromatic amines is 1. The average molecular weight is 423 g/mol. The number of aromatic nitrogens is 1. The van der Waals surface area contributed by atoms with Crippen LogP contribution in [0.1, 0.15) is 78.3 Å². The van der Waals surface area contributed by atoms with Gasteiger partial charge in [0, 0.05) is 17.4 Å². The van der Waals surface area contributed by atoms with Crippen LogP contribution in [0.5, 0.6) is 0 Å². The zero-order chi connectivity index (χ0) is 20.5. The van der Waals surface area contributed by atoms with Gasteiger partial charge >= 0.3 is 0 Å². The van der Waals surface area contributed by atoms with E-state index in [1.54, 1.807) is 11.3 Å². The van der Waals surface area contributed by atoms with Crippen molar-refractivity contribution in [2.24, 2.45) is 5.10 Å². The highest BCUT2D eigenvalue weighted by atomic mass is 32.1. The smallest absolute Gasteiger partial charge is 0.273 e. The van der Waals surface area contributed by atoms with E-state index in [1.807, 2.05) is 23.6 Å². The Morgan fingerprint density at radius 2 is 2.13 bits per heavy atom. The molecule has 1 amide bonds. The monoisotopic (exact) mass is 422 g/mol. The van der Waals surface area contributed by atoms with E-state index in [2.05, 4.69) is 27.8 Å². The quantitative estimate of drug-likeness (QED) is 0.407. The number of aryl methyl sites for hydroxylation is 1. The Labute approximate surface area is 182 Å². The minimum absolute atomic E-state index is 0.115. The van der Waals surface area contributed by atoms with Gasteiger partial charge in [0.05, 0.1) is 10.5 Å². The molecule has 30 heavy (non-hydrogen) atoms. The number of hydrazone groups is 1. The summed E-state index contributed by atoms with van der Waals surface area (Å²) in [6.45, 7) is 3.31. The lowest BCUT2D eigenvalue weighted by atomic mass is 9.93. The maximum absolute atomic E-state index is 12.5. The molecule has 0 unspecified atom stereocenters. The van der Waals surface area contributed by atoms with Crippen LogP contribution in [0.4, 0.5) is 0 Å². The van der Waals surface area contributed by atoms with Crippen LogP contribution in [-0.2, 0) is 11.2 Å². The molecule has 0 spiro atoms. The van der Waals surface area contributed by atoms with Crippen LogP contribution in [0.2, 0.25) is 0 Å². The molecule has 2 fully saturated rings. The SMILES string of the molecule is Cc1[nH]c(/C=C2/C(=O)NN=C2c2cccs2)c(C2CC2)c1CCCCNC1CCC1. The summed E-state index contributed by atoms with van der Waals surface area (Å²) in [5.41, 5.74) is 9.34. The van der Waals surface area contributed by atoms with Crippen molar-refractivity contribution in [1.82, 2.24) is 15.7 Å². The zero-order valence-electron chi connectivity index (χ0n) is 17.6. The molecule has 158 valence electrons. The number of rotatable bonds is 9. The molecule has 5 rings (SSSR count). The van der Waals surface area contributed by atoms with Crippen molar-refractivity contribution in [3.05, 3.63) is 50.5 Å². The number of H-pyrrole nitrogens is 1. The second-order valence-corrected chi connectivity index (χ2v) is 9.75. The lowest BCUT2D eigenvalue weighted by Gasteiger charge is -2.26. The molecule has 2 saturated carbocycles. The summed E-state index contributed by atoms with van der Waals surface area (Å²) < 4.78 is 0. The highest BCUT2D eigenvalue weighted by Gasteiger charge is 2.32. The molecule has 5 nitrogen and oxygen atoms in total. The second-order valence-electron chi connectivity index (χ2n) is 8.81. The molecular formula is C24H30N4OS. The maximum atomic E-state index is 12.5. The highest BCUT2D eigenvalue weighted by Crippen LogP contribution is 2.45. The van der Waals surface area contributed by atoms with Crippen LogP contribution in [0.15, 0.2) is 28.2 Å². The Morgan fingerprint density at radius 3 is 2.83 bits per heavy atom. The summed E-state index contributed by atoms with van der Waals surface area (Å²) >= 11 is 1.61. The summed E-state index contributed by atoms with van der Waals surface area (Å²) in [4.78, 5) is 17.1. The molecule has 0 radical (unpaired) electrons. The van der Waals surface area contributed by atoms with Gasteiger partial charge in [-0.1, -0.05) is 12.5 Å². The van der Waals surface area contributed by atoms with Crippen molar-refractivity contribution in [2.75, 3.05) is 6.54 Å². The summed E-state index contributed by atoms with van der Waals surface area (Å²) in [5, 5.41) is 9.98. The van der Waals surface area contributed by atoms with Gasteiger partial charge in [-0.2, -0.15) is 5.10 Å². The fraction of sp³-hybridized carbons (Fsp3) is 0.500. The number of amides is 1. The van der Waals surface area contributed by atoms with Gasteiger partial charge in [-0.15, -0.1) is 11.3 Å². The fourth-order valence-corrected chi connectivity index (χ4v) is 5.27. The molecule has 1 aliphatic heterocycles. The van der Waals surface area contributed by atoms with E-state index in [-0.39, 0.29) is 5.91 Å². The van der Waals surface area contributed by atoms with Crippen LogP contribution < -0.4 is 10.7 Å². The highest BCUT2D eigenvalue weighted by molar-refractivity contribution is 7.12. The van der Waals surface area contributed by atoms with Gasteiger partial charge in [0.15, 0.2) is 0 Å². The van der Waals surface area contributed by atoms with E-state index in [0.29, 0.717) is 11.5 Å². The number of carbonyl (C=O) groups excluding carboxylic acids is 1. The normalized spacial score (nSPS) is 20.5. The third-order valence-corrected chi connectivity index (χ3v) is 7.46. The van der Waals surface area contributed by atoms with Crippen LogP contribution in [0.3, 0.4) is 0 Å². The first kappa shape index (κ1) is 19.8. The minimum Gasteiger partial charge on any atom is -0.359 e. The van der Waals surface area contributed by atoms with Gasteiger partial charge in [0.25, 0.3) is 5.91 Å². The first-order valence-corrected chi connectivity index (χ1v) is 12.2. The predicted molar refractivity (Wildman–Crippen MR) is 123 cm³/mol. The summed E-state index contributed by atoms with van der Waals surface area (Å²) in [6.07, 6.45) is 12.2. The minimum atomic E-state index is -0.115. The first-order chi connectivity index (χ1) is 14.7. The van der Waals surface area contributed by atoms with Crippen molar-refractivity contribution in [3.63, 3.8) is 0 Å². The number of nitrogens with one attached hydrogen (secondary N) is 3. The maximum Gasteiger partial charge on any atom is 0.273 e. The number of carbonyl (C=O) groups is 1. The molecule has 3 N–H and O–H groups in total. The summed E-state index contributed by atoms with van der Waals surface area (Å²) in [6, 6.07) is 4.79. The number of unbranched alkanes of at least 4 members (excludes halogenated alkanes) is 1. The van der Waals surface area contributed by atoms with Gasteiger partial charge in [0.2, 0.25) is 0 Å². The Balaban J connectivity index is 1.34. The van der Waals surface area contributed by atoms with Crippen LogP contribution in [-0.4, -0.2) is 29.2 Å². The molecular weight excluding hydrogens is 392 g/mol. The molecule has 2 aromatic rings. The molecule has 6 heteroatoms. The number of hydrogen-bond acceptors (Lipinski definition) is 4. The number of nitrogens with zero attached hydrogens (tertiary/aromatic N) is 1. The van der Waals surface area contributed by atoms with Gasteiger partial charge in [-0.05, 0) is 93.0 Å². The van der Waals surface area contributed by atoms with Crippen molar-refractivity contribution < 1.29 is 4.79 Å². The predicted octanol–water partition coefficient (Wildman–Crippen LogP) is 4.64. The topological polar surface area (TPSA) is 69.3 Å². The fourth-order valence-electron chi connectivity index (χ4n) is 4.54. The molecule has 0 bridgehead atoms. The van der Waals surface area contributed by atoms with Crippen molar-refractivity contribution in [3.8, 4) is 0 Å². The molecule has 3 heterocycles. The second kappa shape index (κ2) is 8.52. The van der Waals surface area contributed by atoms with E-state index in [4.69, 9.17) is 0 Å². The van der Waals surface area contributed by atoms with E-state index in [0.717, 1.165) is 35.3 Å². The first-order valence-electron chi connectivity index (χ1n) is 11.3. The van der Waals surface area contributed by atoms with Gasteiger partial charge in [-0.3, -0.25) is 4.79 Å². The molecule has 0 saturated heterocycles. The third kappa shape index (κ3) is 4.03. The molecule has 2 aromatic heterocycles. The van der Waals surface area contributed by atoms with Crippen molar-refractivity contribution in [1.29, 1.82) is 0 Å². The number of hydrogen-bond donors (Lipinski definition) is 3. The van der Waals surface area contributed by atoms with E-state index in [1.165, 1.54) is 61.8 Å². The molecule has 0 atom stereocenters. The van der Waals surface area contributed by atoms with Crippen LogP contribution in [0, 0.1) is 6.92 Å². The molecule has 2 aliphatic carbocycles. The Hall–Kier alpha value is -2.18. The van der Waals surface area contributed by atoms with Gasteiger partial charge < -0.3 is 10.3 Å². The summed E-state index contributed by atoms with van der Waals surface area (Å²) in [7, 11) is 0. The van der Waals surface area contributed by atoms with E-state index in [9.17, 15) is 4.79 Å². The third-order valence-electron chi connectivity index (χ3n) is 6.58. The Kier molecular flexibility index (Phi) is 5.61. The largest absolute Gasteiger partial charge is 0.359 e. The van der Waals surface area contributed by atoms with Crippen molar-refractivity contribution >= 4 is 29.0 Å². The van der Waals surface area contributed by atoms with Gasteiger partial charge in [-0.25, -0.2) is 5.43 Å². The van der Waals surface area contributed by atoms with E-state index < -0.39 is 0 Å². The van der Waals surface area contributed by atoms with Gasteiger partial charge in [0.1, 0.15) is 5.71 Å². The van der Waals surface area contributed by atoms with Crippen LogP contribution in [0.25, 0.3) is 6.08 Å². The van der Waals surface area contributed by atoms with Crippen molar-refractivity contribution in [2.45, 2.75) is 70.3 Å². The standard InChI is InChI=1S/C24H30N4OS/c1-15-18(8-2-3-12-25-17-6-4-7-17)22(16-10-11-16)20(26-15)14-19-23(27-28-24(19)29)21-9-5-13-30-21/h5,9,13-14,16-17,25-26H,2-4,6-8,10-12H2,1H3,(H,28,29)/b19-14+. The Morgan fingerprint density at radius 1 is 1.27 bits per heavy atom. The Bertz CT molecular complexity index is 977. The summed E-state index contributed by atoms with van der Waals surface area (Å²) in [5.74, 6) is 0.521. The van der Waals surface area contributed by atoms with Crippen LogP contribution >= 0.6 is 11.3 Å².